The highest BCUT2D eigenvalue weighted by Gasteiger charge is 2.19. The molecule has 0 atom stereocenters. The number of rotatable bonds is 4. The van der Waals surface area contributed by atoms with Crippen molar-refractivity contribution in [3.63, 3.8) is 0 Å². The normalized spacial score (nSPS) is 14.4. The van der Waals surface area contributed by atoms with E-state index in [1.165, 1.54) is 12.5 Å². The van der Waals surface area contributed by atoms with Crippen LogP contribution in [0.4, 0.5) is 5.69 Å². The molecule has 0 spiro atoms. The first-order chi connectivity index (χ1) is 13.4. The molecule has 1 aliphatic rings. The van der Waals surface area contributed by atoms with E-state index in [2.05, 4.69) is 35.4 Å². The van der Waals surface area contributed by atoms with Gasteiger partial charge in [-0.25, -0.2) is 8.42 Å². The molecular weight excluding hydrogens is 464 g/mol. The summed E-state index contributed by atoms with van der Waals surface area (Å²) in [5.74, 6) is 1.84. The first-order valence-corrected chi connectivity index (χ1v) is 11.6. The Morgan fingerprint density at radius 3 is 2.57 bits per heavy atom. The molecule has 0 saturated heterocycles. The van der Waals surface area contributed by atoms with E-state index in [0.29, 0.717) is 10.2 Å². The van der Waals surface area contributed by atoms with Gasteiger partial charge in [0.1, 0.15) is 10.7 Å². The minimum Gasteiger partial charge on any atom is -0.311 e. The maximum Gasteiger partial charge on any atom is 0.263 e. The van der Waals surface area contributed by atoms with Crippen LogP contribution in [0.2, 0.25) is 5.02 Å². The minimum absolute atomic E-state index is 0.0317. The molecule has 0 aliphatic carbocycles. The molecule has 146 valence electrons. The summed E-state index contributed by atoms with van der Waals surface area (Å²) in [5.41, 5.74) is 1.36. The highest BCUT2D eigenvalue weighted by atomic mass is 79.9. The average Bonchev–Trinajstić information content (AvgIpc) is 2.90. The predicted octanol–water partition coefficient (Wildman–Crippen LogP) is 4.89. The standard InChI is InChI=1S/C19H18BrClN4O2S/c20-14-7-10-17(16(21)12-14)28(26,27)24-15-8-5-13(6-9-15)19-23-22-18-4-2-1-3-11-25(18)19/h5-10,12,24H,1-4,11H2. The van der Waals surface area contributed by atoms with Gasteiger partial charge in [0, 0.05) is 28.7 Å². The zero-order valence-electron chi connectivity index (χ0n) is 14.9. The van der Waals surface area contributed by atoms with Crippen LogP contribution in [0, 0.1) is 0 Å². The zero-order chi connectivity index (χ0) is 19.7. The average molecular weight is 482 g/mol. The number of aryl methyl sites for hydroxylation is 1. The molecule has 0 amide bonds. The van der Waals surface area contributed by atoms with Crippen molar-refractivity contribution < 1.29 is 8.42 Å². The summed E-state index contributed by atoms with van der Waals surface area (Å²) in [4.78, 5) is 0.0317. The maximum absolute atomic E-state index is 12.6. The van der Waals surface area contributed by atoms with E-state index in [1.807, 2.05) is 12.1 Å². The van der Waals surface area contributed by atoms with Crippen LogP contribution in [0.5, 0.6) is 0 Å². The second-order valence-electron chi connectivity index (χ2n) is 6.66. The fourth-order valence-electron chi connectivity index (χ4n) is 3.29. The Balaban J connectivity index is 1.58. The summed E-state index contributed by atoms with van der Waals surface area (Å²) in [6.45, 7) is 0.911. The van der Waals surface area contributed by atoms with Crippen molar-refractivity contribution >= 4 is 43.2 Å². The lowest BCUT2D eigenvalue weighted by Gasteiger charge is -2.11. The third kappa shape index (κ3) is 3.94. The lowest BCUT2D eigenvalue weighted by molar-refractivity contribution is 0.601. The fraction of sp³-hybridized carbons (Fsp3) is 0.263. The number of halogens is 2. The SMILES string of the molecule is O=S(=O)(Nc1ccc(-c2nnc3n2CCCCC3)cc1)c1ccc(Br)cc1Cl. The number of sulfonamides is 1. The number of aromatic nitrogens is 3. The van der Waals surface area contributed by atoms with Gasteiger partial charge in [0.25, 0.3) is 10.0 Å². The van der Waals surface area contributed by atoms with Crippen LogP contribution in [0.15, 0.2) is 51.8 Å². The van der Waals surface area contributed by atoms with Crippen LogP contribution in [0.25, 0.3) is 11.4 Å². The van der Waals surface area contributed by atoms with E-state index in [9.17, 15) is 8.42 Å². The van der Waals surface area contributed by atoms with Crippen molar-refractivity contribution in [2.75, 3.05) is 4.72 Å². The highest BCUT2D eigenvalue weighted by Crippen LogP contribution is 2.28. The minimum atomic E-state index is -3.78. The molecule has 0 unspecified atom stereocenters. The Morgan fingerprint density at radius 2 is 1.82 bits per heavy atom. The van der Waals surface area contributed by atoms with Crippen LogP contribution in [-0.4, -0.2) is 23.2 Å². The molecule has 6 nitrogen and oxygen atoms in total. The number of nitrogens with zero attached hydrogens (tertiary/aromatic N) is 3. The second-order valence-corrected chi connectivity index (χ2v) is 9.63. The summed E-state index contributed by atoms with van der Waals surface area (Å²) in [6.07, 6.45) is 4.39. The number of hydrogen-bond donors (Lipinski definition) is 1. The van der Waals surface area contributed by atoms with E-state index in [-0.39, 0.29) is 9.92 Å². The van der Waals surface area contributed by atoms with E-state index >= 15 is 0 Å². The molecule has 1 aliphatic heterocycles. The summed E-state index contributed by atoms with van der Waals surface area (Å²) in [5, 5.41) is 8.81. The molecule has 28 heavy (non-hydrogen) atoms. The quantitative estimate of drug-likeness (QED) is 0.576. The molecule has 0 radical (unpaired) electrons. The largest absolute Gasteiger partial charge is 0.311 e. The molecule has 9 heteroatoms. The van der Waals surface area contributed by atoms with Gasteiger partial charge < -0.3 is 4.57 Å². The number of anilines is 1. The third-order valence-electron chi connectivity index (χ3n) is 4.69. The van der Waals surface area contributed by atoms with Gasteiger partial charge in [-0.2, -0.15) is 0 Å². The van der Waals surface area contributed by atoms with Crippen molar-refractivity contribution in [3.8, 4) is 11.4 Å². The van der Waals surface area contributed by atoms with Crippen molar-refractivity contribution in [1.82, 2.24) is 14.8 Å². The predicted molar refractivity (Wildman–Crippen MR) is 113 cm³/mol. The highest BCUT2D eigenvalue weighted by molar-refractivity contribution is 9.10. The van der Waals surface area contributed by atoms with Crippen LogP contribution in [0.3, 0.4) is 0 Å². The first-order valence-electron chi connectivity index (χ1n) is 8.94. The summed E-state index contributed by atoms with van der Waals surface area (Å²) in [6, 6.07) is 11.8. The molecule has 0 fully saturated rings. The van der Waals surface area contributed by atoms with Gasteiger partial charge in [0.15, 0.2) is 5.82 Å². The van der Waals surface area contributed by atoms with Gasteiger partial charge in [0.2, 0.25) is 0 Å². The number of nitrogens with one attached hydrogen (secondary N) is 1. The van der Waals surface area contributed by atoms with E-state index < -0.39 is 10.0 Å². The fourth-order valence-corrected chi connectivity index (χ4v) is 5.39. The third-order valence-corrected chi connectivity index (χ3v) is 7.05. The van der Waals surface area contributed by atoms with Crippen molar-refractivity contribution in [2.45, 2.75) is 37.1 Å². The Labute approximate surface area is 177 Å². The molecule has 2 heterocycles. The topological polar surface area (TPSA) is 76.9 Å². The maximum atomic E-state index is 12.6. The Morgan fingerprint density at radius 1 is 1.04 bits per heavy atom. The van der Waals surface area contributed by atoms with Crippen LogP contribution in [0.1, 0.15) is 25.1 Å². The molecule has 1 aromatic heterocycles. The van der Waals surface area contributed by atoms with Crippen molar-refractivity contribution in [1.29, 1.82) is 0 Å². The molecule has 4 rings (SSSR count). The monoisotopic (exact) mass is 480 g/mol. The van der Waals surface area contributed by atoms with Gasteiger partial charge in [-0.05, 0) is 55.3 Å². The van der Waals surface area contributed by atoms with Crippen molar-refractivity contribution in [2.24, 2.45) is 0 Å². The van der Waals surface area contributed by atoms with Gasteiger partial charge in [-0.1, -0.05) is 34.0 Å². The summed E-state index contributed by atoms with van der Waals surface area (Å²) in [7, 11) is -3.78. The van der Waals surface area contributed by atoms with Crippen LogP contribution in [-0.2, 0) is 23.0 Å². The van der Waals surface area contributed by atoms with Gasteiger partial charge in [-0.3, -0.25) is 4.72 Å². The van der Waals surface area contributed by atoms with Crippen LogP contribution >= 0.6 is 27.5 Å². The molecular formula is C19H18BrClN4O2S. The molecule has 2 aromatic carbocycles. The van der Waals surface area contributed by atoms with Gasteiger partial charge >= 0.3 is 0 Å². The molecule has 0 bridgehead atoms. The molecule has 3 aromatic rings. The number of hydrogen-bond acceptors (Lipinski definition) is 4. The van der Waals surface area contributed by atoms with E-state index in [4.69, 9.17) is 11.6 Å². The summed E-state index contributed by atoms with van der Waals surface area (Å²) < 4.78 is 30.7. The van der Waals surface area contributed by atoms with Crippen LogP contribution < -0.4 is 4.72 Å². The first kappa shape index (κ1) is 19.4. The number of benzene rings is 2. The van der Waals surface area contributed by atoms with Gasteiger partial charge in [-0.15, -0.1) is 10.2 Å². The van der Waals surface area contributed by atoms with E-state index in [1.54, 1.807) is 24.3 Å². The smallest absolute Gasteiger partial charge is 0.263 e. The van der Waals surface area contributed by atoms with Crippen molar-refractivity contribution in [3.05, 3.63) is 57.8 Å². The number of fused-ring (bicyclic) bond motifs is 1. The van der Waals surface area contributed by atoms with Gasteiger partial charge in [0.05, 0.1) is 5.02 Å². The molecule has 1 N–H and O–H groups in total. The Kier molecular flexibility index (Phi) is 5.44. The Hall–Kier alpha value is -1.90. The molecule has 0 saturated carbocycles. The summed E-state index contributed by atoms with van der Waals surface area (Å²) >= 11 is 9.36. The zero-order valence-corrected chi connectivity index (χ0v) is 18.1. The Bertz CT molecular complexity index is 1110. The lowest BCUT2D eigenvalue weighted by Crippen LogP contribution is -2.13. The second kappa shape index (κ2) is 7.85. The van der Waals surface area contributed by atoms with E-state index in [0.717, 1.165) is 43.0 Å². The lowest BCUT2D eigenvalue weighted by atomic mass is 10.2.